The van der Waals surface area contributed by atoms with Crippen LogP contribution in [-0.4, -0.2) is 57.9 Å². The molecule has 2 aliphatic rings. The first-order valence-corrected chi connectivity index (χ1v) is 9.64. The highest BCUT2D eigenvalue weighted by atomic mass is 16.5. The molecule has 0 bridgehead atoms. The number of hydrogen-bond acceptors (Lipinski definition) is 4. The predicted molar refractivity (Wildman–Crippen MR) is 105 cm³/mol. The van der Waals surface area contributed by atoms with E-state index in [1.807, 2.05) is 53.1 Å². The van der Waals surface area contributed by atoms with Crippen molar-refractivity contribution in [3.8, 4) is 0 Å². The van der Waals surface area contributed by atoms with Gasteiger partial charge in [-0.05, 0) is 37.5 Å². The van der Waals surface area contributed by atoms with E-state index in [4.69, 9.17) is 4.74 Å². The number of aryl methyl sites for hydroxylation is 1. The van der Waals surface area contributed by atoms with E-state index in [-0.39, 0.29) is 24.5 Å². The van der Waals surface area contributed by atoms with Crippen molar-refractivity contribution in [2.75, 3.05) is 19.7 Å². The van der Waals surface area contributed by atoms with Gasteiger partial charge in [0.25, 0.3) is 5.91 Å². The third kappa shape index (κ3) is 3.52. The second-order valence-electron chi connectivity index (χ2n) is 7.88. The van der Waals surface area contributed by atoms with E-state index in [0.717, 1.165) is 11.1 Å². The van der Waals surface area contributed by atoms with Gasteiger partial charge in [-0.2, -0.15) is 0 Å². The fraction of sp³-hybridized carbons (Fsp3) is 0.409. The highest BCUT2D eigenvalue weighted by Crippen LogP contribution is 2.34. The lowest BCUT2D eigenvalue weighted by molar-refractivity contribution is -0.186. The van der Waals surface area contributed by atoms with Gasteiger partial charge in [-0.25, -0.2) is 0 Å². The maximum atomic E-state index is 13.0. The summed E-state index contributed by atoms with van der Waals surface area (Å²) in [4.78, 5) is 33.5. The molecule has 3 heterocycles. The van der Waals surface area contributed by atoms with E-state index in [0.29, 0.717) is 31.6 Å². The van der Waals surface area contributed by atoms with Gasteiger partial charge in [0.1, 0.15) is 6.61 Å². The summed E-state index contributed by atoms with van der Waals surface area (Å²) >= 11 is 0. The van der Waals surface area contributed by atoms with Gasteiger partial charge in [0.15, 0.2) is 0 Å². The maximum Gasteiger partial charge on any atom is 0.255 e. The van der Waals surface area contributed by atoms with Gasteiger partial charge in [0.05, 0.1) is 17.2 Å². The van der Waals surface area contributed by atoms with Crippen LogP contribution < -0.4 is 0 Å². The van der Waals surface area contributed by atoms with Crippen LogP contribution in [0.3, 0.4) is 0 Å². The monoisotopic (exact) mass is 379 g/mol. The largest absolute Gasteiger partial charge is 0.363 e. The third-order valence-corrected chi connectivity index (χ3v) is 5.80. The zero-order valence-corrected chi connectivity index (χ0v) is 16.3. The Morgan fingerprint density at radius 3 is 2.82 bits per heavy atom. The molecular weight excluding hydrogens is 354 g/mol. The molecule has 2 amide bonds. The summed E-state index contributed by atoms with van der Waals surface area (Å²) in [5, 5.41) is 0. The van der Waals surface area contributed by atoms with E-state index in [9.17, 15) is 9.59 Å². The van der Waals surface area contributed by atoms with Crippen LogP contribution in [0.15, 0.2) is 48.8 Å². The first-order valence-electron chi connectivity index (χ1n) is 9.64. The van der Waals surface area contributed by atoms with Crippen molar-refractivity contribution in [1.82, 2.24) is 14.8 Å². The molecule has 1 aromatic heterocycles. The summed E-state index contributed by atoms with van der Waals surface area (Å²) in [6.45, 7) is 5.66. The number of carbonyl (C=O) groups is 2. The third-order valence-electron chi connectivity index (χ3n) is 5.80. The fourth-order valence-corrected chi connectivity index (χ4v) is 4.11. The number of nitrogens with zero attached hydrogens (tertiary/aromatic N) is 3. The molecule has 0 N–H and O–H groups in total. The molecule has 4 rings (SSSR count). The van der Waals surface area contributed by atoms with Crippen molar-refractivity contribution < 1.29 is 14.3 Å². The maximum absolute atomic E-state index is 13.0. The summed E-state index contributed by atoms with van der Waals surface area (Å²) in [6.07, 6.45) is 4.04. The number of aromatic nitrogens is 1. The summed E-state index contributed by atoms with van der Waals surface area (Å²) < 4.78 is 5.96. The minimum Gasteiger partial charge on any atom is -0.363 e. The molecule has 0 aliphatic carbocycles. The van der Waals surface area contributed by atoms with E-state index in [1.165, 1.54) is 0 Å². The van der Waals surface area contributed by atoms with Crippen molar-refractivity contribution in [3.05, 3.63) is 65.5 Å². The average molecular weight is 379 g/mol. The van der Waals surface area contributed by atoms with Crippen LogP contribution in [0.5, 0.6) is 0 Å². The Hall–Kier alpha value is -2.73. The predicted octanol–water partition coefficient (Wildman–Crippen LogP) is 2.42. The normalized spacial score (nSPS) is 24.8. The molecule has 146 valence electrons. The van der Waals surface area contributed by atoms with E-state index < -0.39 is 5.60 Å². The summed E-state index contributed by atoms with van der Waals surface area (Å²) in [7, 11) is 0. The molecule has 0 spiro atoms. The van der Waals surface area contributed by atoms with Gasteiger partial charge in [0.2, 0.25) is 5.91 Å². The van der Waals surface area contributed by atoms with E-state index >= 15 is 0 Å². The number of benzene rings is 1. The van der Waals surface area contributed by atoms with Crippen LogP contribution in [0, 0.1) is 6.92 Å². The minimum atomic E-state index is -0.440. The number of amides is 2. The van der Waals surface area contributed by atoms with Crippen molar-refractivity contribution in [1.29, 1.82) is 0 Å². The lowest BCUT2D eigenvalue weighted by atomic mass is 9.85. The SMILES string of the molecule is Cc1cncc(C(=O)N2CC[C@@]3(C)OCC(=O)N(Cc4ccccc4)[C@@H]3C2)c1. The van der Waals surface area contributed by atoms with Crippen molar-refractivity contribution >= 4 is 11.8 Å². The minimum absolute atomic E-state index is 0.0298. The van der Waals surface area contributed by atoms with Gasteiger partial charge in [-0.1, -0.05) is 30.3 Å². The van der Waals surface area contributed by atoms with Gasteiger partial charge in [-0.15, -0.1) is 0 Å². The molecule has 0 unspecified atom stereocenters. The molecule has 28 heavy (non-hydrogen) atoms. The lowest BCUT2D eigenvalue weighted by Crippen LogP contribution is -2.67. The first-order chi connectivity index (χ1) is 13.5. The van der Waals surface area contributed by atoms with Gasteiger partial charge < -0.3 is 14.5 Å². The molecule has 2 fully saturated rings. The molecule has 2 aliphatic heterocycles. The molecular formula is C22H25N3O3. The van der Waals surface area contributed by atoms with Crippen LogP contribution in [0.25, 0.3) is 0 Å². The number of rotatable bonds is 3. The Morgan fingerprint density at radius 2 is 2.07 bits per heavy atom. The number of likely N-dealkylation sites (tertiary alicyclic amines) is 1. The zero-order chi connectivity index (χ0) is 19.7. The van der Waals surface area contributed by atoms with Gasteiger partial charge in [0, 0.05) is 32.0 Å². The Balaban J connectivity index is 1.58. The first kappa shape index (κ1) is 18.6. The molecule has 2 saturated heterocycles. The topological polar surface area (TPSA) is 62.7 Å². The number of pyridine rings is 1. The van der Waals surface area contributed by atoms with Crippen molar-refractivity contribution in [3.63, 3.8) is 0 Å². The molecule has 6 nitrogen and oxygen atoms in total. The van der Waals surface area contributed by atoms with Gasteiger partial charge >= 0.3 is 0 Å². The standard InChI is InChI=1S/C22H25N3O3/c1-16-10-18(12-23-11-16)21(27)24-9-8-22(2)19(14-24)25(20(26)15-28-22)13-17-6-4-3-5-7-17/h3-7,10-12,19H,8-9,13-15H2,1-2H3/t19-,22-/m1/s1. The molecule has 6 heteroatoms. The second kappa shape index (κ2) is 7.36. The van der Waals surface area contributed by atoms with Crippen LogP contribution in [0.2, 0.25) is 0 Å². The fourth-order valence-electron chi connectivity index (χ4n) is 4.11. The Kier molecular flexibility index (Phi) is 4.89. The number of ether oxygens (including phenoxy) is 1. The van der Waals surface area contributed by atoms with E-state index in [2.05, 4.69) is 11.9 Å². The number of carbonyl (C=O) groups excluding carboxylic acids is 2. The summed E-state index contributed by atoms with van der Waals surface area (Å²) in [5.74, 6) is -0.0752. The van der Waals surface area contributed by atoms with Crippen molar-refractivity contribution in [2.45, 2.75) is 38.5 Å². The molecule has 1 aromatic carbocycles. The summed E-state index contributed by atoms with van der Waals surface area (Å²) in [6, 6.07) is 11.6. The highest BCUT2D eigenvalue weighted by molar-refractivity contribution is 5.94. The Labute approximate surface area is 165 Å². The Bertz CT molecular complexity index is 886. The number of fused-ring (bicyclic) bond motifs is 1. The zero-order valence-electron chi connectivity index (χ0n) is 16.3. The van der Waals surface area contributed by atoms with Crippen LogP contribution in [0.1, 0.15) is 34.8 Å². The quantitative estimate of drug-likeness (QED) is 0.822. The lowest BCUT2D eigenvalue weighted by Gasteiger charge is -2.52. The molecule has 0 saturated carbocycles. The molecule has 0 radical (unpaired) electrons. The molecule has 2 atom stereocenters. The Morgan fingerprint density at radius 1 is 1.29 bits per heavy atom. The number of piperidine rings is 1. The number of hydrogen-bond donors (Lipinski definition) is 0. The highest BCUT2D eigenvalue weighted by Gasteiger charge is 2.49. The summed E-state index contributed by atoms with van der Waals surface area (Å²) in [5.41, 5.74) is 2.17. The average Bonchev–Trinajstić information content (AvgIpc) is 2.70. The smallest absolute Gasteiger partial charge is 0.255 e. The van der Waals surface area contributed by atoms with Gasteiger partial charge in [-0.3, -0.25) is 14.6 Å². The van der Waals surface area contributed by atoms with E-state index in [1.54, 1.807) is 12.4 Å². The van der Waals surface area contributed by atoms with Crippen LogP contribution in [-0.2, 0) is 16.1 Å². The second-order valence-corrected chi connectivity index (χ2v) is 7.88. The molecule has 2 aromatic rings. The van der Waals surface area contributed by atoms with Crippen molar-refractivity contribution in [2.24, 2.45) is 0 Å². The number of morpholine rings is 1. The van der Waals surface area contributed by atoms with Crippen LogP contribution >= 0.6 is 0 Å². The van der Waals surface area contributed by atoms with Crippen LogP contribution in [0.4, 0.5) is 0 Å².